The van der Waals surface area contributed by atoms with Crippen LogP contribution >= 0.6 is 0 Å². The number of nitro benzene ring substituents is 1. The van der Waals surface area contributed by atoms with Crippen LogP contribution < -0.4 is 5.43 Å². The molecule has 144 valence electrons. The molecule has 0 amide bonds. The van der Waals surface area contributed by atoms with E-state index in [9.17, 15) is 38.3 Å². The largest absolute Gasteiger partial charge is 0.504 e. The molecule has 0 radical (unpaired) electrons. The number of H-pyrrole nitrogens is 1. The standard InChI is InChI=1S/C17H10F3N3O5/c18-17(19,20)16-14(12(24)2-4-22-16)10-5-8(1-3-21-10)9-6-11(23(27)28)15(26)13(25)7-9/h1-7,25-26H,(H,22,24). The molecule has 0 fully saturated rings. The molecule has 2 heterocycles. The molecule has 1 aromatic carbocycles. The summed E-state index contributed by atoms with van der Waals surface area (Å²) < 4.78 is 39.7. The number of benzene rings is 1. The summed E-state index contributed by atoms with van der Waals surface area (Å²) in [5.74, 6) is -1.72. The lowest BCUT2D eigenvalue weighted by atomic mass is 10.0. The number of aromatic amines is 1. The molecule has 0 atom stereocenters. The van der Waals surface area contributed by atoms with Gasteiger partial charge in [-0.2, -0.15) is 13.2 Å². The molecule has 3 N–H and O–H groups in total. The van der Waals surface area contributed by atoms with Gasteiger partial charge in [0.2, 0.25) is 5.75 Å². The lowest BCUT2D eigenvalue weighted by Crippen LogP contribution is -2.17. The Labute approximate surface area is 153 Å². The quantitative estimate of drug-likeness (QED) is 0.355. The van der Waals surface area contributed by atoms with Crippen LogP contribution in [0.4, 0.5) is 18.9 Å². The second kappa shape index (κ2) is 6.68. The number of pyridine rings is 2. The van der Waals surface area contributed by atoms with Crippen molar-refractivity contribution in [2.45, 2.75) is 6.18 Å². The van der Waals surface area contributed by atoms with Gasteiger partial charge in [-0.3, -0.25) is 19.9 Å². The summed E-state index contributed by atoms with van der Waals surface area (Å²) >= 11 is 0. The summed E-state index contributed by atoms with van der Waals surface area (Å²) in [6.07, 6.45) is -2.87. The van der Waals surface area contributed by atoms with E-state index in [-0.39, 0.29) is 16.8 Å². The summed E-state index contributed by atoms with van der Waals surface area (Å²) in [5.41, 5.74) is -3.86. The second-order valence-corrected chi connectivity index (χ2v) is 5.64. The molecule has 0 bridgehead atoms. The minimum Gasteiger partial charge on any atom is -0.504 e. The number of aromatic nitrogens is 2. The van der Waals surface area contributed by atoms with E-state index in [1.807, 2.05) is 4.98 Å². The predicted molar refractivity (Wildman–Crippen MR) is 90.7 cm³/mol. The zero-order valence-corrected chi connectivity index (χ0v) is 13.7. The number of phenols is 2. The third-order valence-corrected chi connectivity index (χ3v) is 3.86. The van der Waals surface area contributed by atoms with Crippen molar-refractivity contribution in [3.8, 4) is 33.9 Å². The summed E-state index contributed by atoms with van der Waals surface area (Å²) in [6.45, 7) is 0. The van der Waals surface area contributed by atoms with Crippen LogP contribution in [0.25, 0.3) is 22.4 Å². The first-order chi connectivity index (χ1) is 13.1. The molecule has 0 aliphatic heterocycles. The Balaban J connectivity index is 2.22. The third kappa shape index (κ3) is 3.37. The molecule has 28 heavy (non-hydrogen) atoms. The molecule has 3 rings (SSSR count). The fourth-order valence-corrected chi connectivity index (χ4v) is 2.61. The second-order valence-electron chi connectivity index (χ2n) is 5.64. The molecule has 11 heteroatoms. The predicted octanol–water partition coefficient (Wildman–Crippen LogP) is 3.44. The number of hydrogen-bond acceptors (Lipinski definition) is 6. The van der Waals surface area contributed by atoms with Crippen LogP contribution in [-0.2, 0) is 6.18 Å². The summed E-state index contributed by atoms with van der Waals surface area (Å²) in [5, 5.41) is 30.3. The number of alkyl halides is 3. The Morgan fingerprint density at radius 2 is 1.82 bits per heavy atom. The van der Waals surface area contributed by atoms with Crippen LogP contribution in [0.2, 0.25) is 0 Å². The van der Waals surface area contributed by atoms with Crippen molar-refractivity contribution in [1.82, 2.24) is 9.97 Å². The van der Waals surface area contributed by atoms with Gasteiger partial charge in [-0.25, -0.2) is 0 Å². The third-order valence-electron chi connectivity index (χ3n) is 3.86. The zero-order valence-electron chi connectivity index (χ0n) is 13.7. The molecule has 0 aliphatic carbocycles. The molecule has 0 saturated carbocycles. The summed E-state index contributed by atoms with van der Waals surface area (Å²) in [4.78, 5) is 27.9. The first-order valence-corrected chi connectivity index (χ1v) is 7.55. The number of rotatable bonds is 3. The topological polar surface area (TPSA) is 129 Å². The fraction of sp³-hybridized carbons (Fsp3) is 0.0588. The molecular weight excluding hydrogens is 383 g/mol. The van der Waals surface area contributed by atoms with Gasteiger partial charge >= 0.3 is 11.9 Å². The Morgan fingerprint density at radius 1 is 1.11 bits per heavy atom. The van der Waals surface area contributed by atoms with Crippen LogP contribution in [0.1, 0.15) is 5.69 Å². The van der Waals surface area contributed by atoms with Gasteiger partial charge in [-0.05, 0) is 29.3 Å². The average Bonchev–Trinajstić information content (AvgIpc) is 2.62. The van der Waals surface area contributed by atoms with Gasteiger partial charge in [0.05, 0.1) is 16.2 Å². The minimum atomic E-state index is -4.84. The van der Waals surface area contributed by atoms with E-state index < -0.39 is 45.0 Å². The Morgan fingerprint density at radius 3 is 2.46 bits per heavy atom. The monoisotopic (exact) mass is 393 g/mol. The highest BCUT2D eigenvalue weighted by Crippen LogP contribution is 2.40. The van der Waals surface area contributed by atoms with Crippen molar-refractivity contribution in [3.05, 3.63) is 68.8 Å². The molecule has 3 aromatic rings. The number of nitro groups is 1. The zero-order chi connectivity index (χ0) is 20.6. The Hall–Kier alpha value is -3.89. The highest BCUT2D eigenvalue weighted by Gasteiger charge is 2.36. The highest BCUT2D eigenvalue weighted by atomic mass is 19.4. The van der Waals surface area contributed by atoms with Crippen LogP contribution in [0.5, 0.6) is 11.5 Å². The van der Waals surface area contributed by atoms with Crippen LogP contribution in [0.15, 0.2) is 47.5 Å². The number of hydrogen-bond donors (Lipinski definition) is 3. The van der Waals surface area contributed by atoms with Crippen LogP contribution in [0.3, 0.4) is 0 Å². The number of aromatic hydroxyl groups is 2. The van der Waals surface area contributed by atoms with Crippen molar-refractivity contribution in [3.63, 3.8) is 0 Å². The van der Waals surface area contributed by atoms with Gasteiger partial charge in [0.1, 0.15) is 5.69 Å². The molecule has 2 aromatic heterocycles. The smallest absolute Gasteiger partial charge is 0.432 e. The lowest BCUT2D eigenvalue weighted by molar-refractivity contribution is -0.385. The fourth-order valence-electron chi connectivity index (χ4n) is 2.61. The van der Waals surface area contributed by atoms with E-state index in [2.05, 4.69) is 4.98 Å². The van der Waals surface area contributed by atoms with Gasteiger partial charge < -0.3 is 15.2 Å². The summed E-state index contributed by atoms with van der Waals surface area (Å²) in [7, 11) is 0. The number of halogens is 3. The first-order valence-electron chi connectivity index (χ1n) is 7.55. The molecule has 0 aliphatic rings. The molecule has 8 nitrogen and oxygen atoms in total. The Bertz CT molecular complexity index is 1140. The number of nitrogens with one attached hydrogen (secondary N) is 1. The van der Waals surface area contributed by atoms with Gasteiger partial charge in [0, 0.05) is 24.5 Å². The van der Waals surface area contributed by atoms with Crippen molar-refractivity contribution >= 4 is 5.69 Å². The molecular formula is C17H10F3N3O5. The maximum Gasteiger partial charge on any atom is 0.432 e. The van der Waals surface area contributed by atoms with E-state index >= 15 is 0 Å². The van der Waals surface area contributed by atoms with Crippen molar-refractivity contribution in [2.24, 2.45) is 0 Å². The van der Waals surface area contributed by atoms with Gasteiger partial charge in [-0.1, -0.05) is 0 Å². The van der Waals surface area contributed by atoms with Crippen molar-refractivity contribution in [1.29, 1.82) is 0 Å². The van der Waals surface area contributed by atoms with Gasteiger partial charge in [-0.15, -0.1) is 0 Å². The van der Waals surface area contributed by atoms with Crippen molar-refractivity contribution < 1.29 is 28.3 Å². The average molecular weight is 393 g/mol. The van der Waals surface area contributed by atoms with E-state index in [0.29, 0.717) is 0 Å². The molecule has 0 spiro atoms. The van der Waals surface area contributed by atoms with E-state index in [1.165, 1.54) is 6.07 Å². The number of phenolic OH excluding ortho intramolecular Hbond substituents is 2. The first kappa shape index (κ1) is 18.9. The van der Waals surface area contributed by atoms with Gasteiger partial charge in [0.25, 0.3) is 0 Å². The van der Waals surface area contributed by atoms with E-state index in [0.717, 1.165) is 36.7 Å². The lowest BCUT2D eigenvalue weighted by Gasteiger charge is -2.12. The molecule has 0 saturated heterocycles. The maximum absolute atomic E-state index is 13.2. The van der Waals surface area contributed by atoms with Crippen molar-refractivity contribution in [2.75, 3.05) is 0 Å². The highest BCUT2D eigenvalue weighted by molar-refractivity contribution is 5.75. The minimum absolute atomic E-state index is 0.0339. The number of nitrogens with zero attached hydrogens (tertiary/aromatic N) is 2. The van der Waals surface area contributed by atoms with Crippen LogP contribution in [0, 0.1) is 10.1 Å². The van der Waals surface area contributed by atoms with Gasteiger partial charge in [0.15, 0.2) is 11.2 Å². The Kier molecular flexibility index (Phi) is 4.51. The normalized spacial score (nSPS) is 11.4. The molecule has 0 unspecified atom stereocenters. The SMILES string of the molecule is O=c1cc[nH]c(C(F)(F)F)c1-c1cc(-c2cc(O)c(O)c([N+](=O)[O-])c2)ccn1. The summed E-state index contributed by atoms with van der Waals surface area (Å²) in [6, 6.07) is 5.30. The van der Waals surface area contributed by atoms with E-state index in [4.69, 9.17) is 0 Å². The van der Waals surface area contributed by atoms with E-state index in [1.54, 1.807) is 0 Å². The maximum atomic E-state index is 13.2. The van der Waals surface area contributed by atoms with Crippen LogP contribution in [-0.4, -0.2) is 25.1 Å².